The zero-order valence-corrected chi connectivity index (χ0v) is 11.6. The normalized spacial score (nSPS) is 23.8. The molecule has 0 aromatic carbocycles. The van der Waals surface area contributed by atoms with E-state index in [1.165, 1.54) is 0 Å². The lowest BCUT2D eigenvalue weighted by molar-refractivity contribution is 0.402. The molecular formula is C14H21N5. The number of anilines is 1. The Balaban J connectivity index is 2.38. The van der Waals surface area contributed by atoms with Crippen LogP contribution in [-0.2, 0) is 0 Å². The van der Waals surface area contributed by atoms with Crippen molar-refractivity contribution in [3.63, 3.8) is 0 Å². The molecule has 2 rings (SSSR count). The third-order valence-electron chi connectivity index (χ3n) is 3.33. The minimum Gasteiger partial charge on any atom is -0.368 e. The summed E-state index contributed by atoms with van der Waals surface area (Å²) in [5, 5.41) is 0. The number of aromatic nitrogens is 1. The Hall–Kier alpha value is -1.75. The first-order chi connectivity index (χ1) is 9.15. The summed E-state index contributed by atoms with van der Waals surface area (Å²) in [5.41, 5.74) is 7.87. The van der Waals surface area contributed by atoms with Gasteiger partial charge in [-0.1, -0.05) is 6.92 Å². The zero-order chi connectivity index (χ0) is 13.8. The predicted octanol–water partition coefficient (Wildman–Crippen LogP) is 2.31. The second kappa shape index (κ2) is 5.93. The third kappa shape index (κ3) is 2.98. The number of nitrogens with two attached hydrogens (primary N) is 1. The Labute approximate surface area is 114 Å². The topological polar surface area (TPSA) is 66.9 Å². The van der Waals surface area contributed by atoms with E-state index in [9.17, 15) is 0 Å². The SMILES string of the molecule is C=Nc1c(N2C[C@@H](C)C[C@@H](N)C2)ccnc1/N=C\C. The van der Waals surface area contributed by atoms with Crippen LogP contribution in [0.3, 0.4) is 0 Å². The van der Waals surface area contributed by atoms with Gasteiger partial charge in [0, 0.05) is 31.5 Å². The molecule has 0 spiro atoms. The number of hydrogen-bond acceptors (Lipinski definition) is 5. The van der Waals surface area contributed by atoms with Gasteiger partial charge in [0.15, 0.2) is 5.82 Å². The maximum Gasteiger partial charge on any atom is 0.179 e. The maximum atomic E-state index is 6.11. The predicted molar refractivity (Wildman–Crippen MR) is 81.2 cm³/mol. The Morgan fingerprint density at radius 2 is 2.32 bits per heavy atom. The molecule has 0 radical (unpaired) electrons. The summed E-state index contributed by atoms with van der Waals surface area (Å²) in [6, 6.07) is 2.16. The lowest BCUT2D eigenvalue weighted by Crippen LogP contribution is -2.46. The molecule has 0 saturated carbocycles. The molecule has 1 aromatic rings. The van der Waals surface area contributed by atoms with Crippen LogP contribution in [-0.4, -0.2) is 37.0 Å². The average molecular weight is 259 g/mol. The summed E-state index contributed by atoms with van der Waals surface area (Å²) in [6.45, 7) is 9.55. The Bertz CT molecular complexity index is 473. The van der Waals surface area contributed by atoms with Gasteiger partial charge in [0.05, 0.1) is 5.69 Å². The minimum atomic E-state index is 0.202. The van der Waals surface area contributed by atoms with Crippen molar-refractivity contribution in [2.45, 2.75) is 26.3 Å². The van der Waals surface area contributed by atoms with E-state index in [0.717, 1.165) is 30.9 Å². The molecule has 0 unspecified atom stereocenters. The van der Waals surface area contributed by atoms with Crippen LogP contribution in [0.1, 0.15) is 20.3 Å². The second-order valence-corrected chi connectivity index (χ2v) is 5.05. The molecule has 0 aliphatic carbocycles. The zero-order valence-electron chi connectivity index (χ0n) is 11.6. The fourth-order valence-electron chi connectivity index (χ4n) is 2.65. The van der Waals surface area contributed by atoms with Crippen LogP contribution in [0.15, 0.2) is 22.2 Å². The van der Waals surface area contributed by atoms with Gasteiger partial charge in [-0.25, -0.2) is 9.98 Å². The molecule has 0 bridgehead atoms. The van der Waals surface area contributed by atoms with E-state index in [1.54, 1.807) is 12.4 Å². The Morgan fingerprint density at radius 3 is 2.95 bits per heavy atom. The molecule has 5 heteroatoms. The van der Waals surface area contributed by atoms with Crippen molar-refractivity contribution in [1.29, 1.82) is 0 Å². The van der Waals surface area contributed by atoms with Crippen LogP contribution in [0.2, 0.25) is 0 Å². The maximum absolute atomic E-state index is 6.11. The quantitative estimate of drug-likeness (QED) is 0.847. The molecule has 19 heavy (non-hydrogen) atoms. The van der Waals surface area contributed by atoms with Crippen LogP contribution in [0.4, 0.5) is 17.2 Å². The van der Waals surface area contributed by atoms with Crippen molar-refractivity contribution >= 4 is 30.1 Å². The number of aliphatic imine (C=N–C) groups is 2. The van der Waals surface area contributed by atoms with Crippen molar-refractivity contribution in [3.8, 4) is 0 Å². The summed E-state index contributed by atoms with van der Waals surface area (Å²) in [7, 11) is 0. The summed E-state index contributed by atoms with van der Waals surface area (Å²) >= 11 is 0. The third-order valence-corrected chi connectivity index (χ3v) is 3.33. The molecule has 1 aliphatic rings. The first-order valence-electron chi connectivity index (χ1n) is 6.60. The molecule has 1 aromatic heterocycles. The number of hydrogen-bond donors (Lipinski definition) is 1. The Morgan fingerprint density at radius 1 is 1.53 bits per heavy atom. The molecular weight excluding hydrogens is 238 g/mol. The molecule has 2 atom stereocenters. The average Bonchev–Trinajstić information content (AvgIpc) is 2.37. The van der Waals surface area contributed by atoms with Crippen LogP contribution in [0, 0.1) is 5.92 Å². The van der Waals surface area contributed by atoms with Gasteiger partial charge < -0.3 is 10.6 Å². The van der Waals surface area contributed by atoms with Crippen LogP contribution in [0.5, 0.6) is 0 Å². The van der Waals surface area contributed by atoms with Gasteiger partial charge in [0.1, 0.15) is 5.69 Å². The molecule has 1 saturated heterocycles. The van der Waals surface area contributed by atoms with E-state index >= 15 is 0 Å². The van der Waals surface area contributed by atoms with Gasteiger partial charge in [-0.05, 0) is 32.0 Å². The van der Waals surface area contributed by atoms with E-state index in [4.69, 9.17) is 5.73 Å². The Kier molecular flexibility index (Phi) is 4.27. The van der Waals surface area contributed by atoms with Crippen molar-refractivity contribution in [1.82, 2.24) is 4.98 Å². The monoisotopic (exact) mass is 259 g/mol. The molecule has 2 heterocycles. The number of rotatable bonds is 3. The molecule has 2 N–H and O–H groups in total. The standard InChI is InChI=1S/C14H21N5/c1-4-17-14-13(16-3)12(5-6-18-14)19-8-10(2)7-11(15)9-19/h4-6,10-11H,3,7-9,15H2,1-2H3/b17-4-/t10-,11+/m0/s1. The van der Waals surface area contributed by atoms with E-state index < -0.39 is 0 Å². The van der Waals surface area contributed by atoms with Crippen molar-refractivity contribution in [3.05, 3.63) is 12.3 Å². The highest BCUT2D eigenvalue weighted by molar-refractivity contribution is 5.79. The van der Waals surface area contributed by atoms with E-state index in [-0.39, 0.29) is 6.04 Å². The fraction of sp³-hybridized carbons (Fsp3) is 0.500. The molecule has 1 aliphatic heterocycles. The number of nitrogens with zero attached hydrogens (tertiary/aromatic N) is 4. The summed E-state index contributed by atoms with van der Waals surface area (Å²) < 4.78 is 0. The van der Waals surface area contributed by atoms with Gasteiger partial charge in [-0.15, -0.1) is 0 Å². The van der Waals surface area contributed by atoms with Crippen LogP contribution < -0.4 is 10.6 Å². The van der Waals surface area contributed by atoms with Crippen LogP contribution >= 0.6 is 0 Å². The largest absolute Gasteiger partial charge is 0.368 e. The fourth-order valence-corrected chi connectivity index (χ4v) is 2.65. The van der Waals surface area contributed by atoms with Gasteiger partial charge in [-0.3, -0.25) is 4.99 Å². The molecule has 0 amide bonds. The second-order valence-electron chi connectivity index (χ2n) is 5.05. The van der Waals surface area contributed by atoms with Crippen LogP contribution in [0.25, 0.3) is 0 Å². The lowest BCUT2D eigenvalue weighted by atomic mass is 9.96. The van der Waals surface area contributed by atoms with E-state index in [2.05, 4.69) is 33.5 Å². The number of piperidine rings is 1. The van der Waals surface area contributed by atoms with Gasteiger partial charge in [-0.2, -0.15) is 0 Å². The van der Waals surface area contributed by atoms with E-state index in [1.807, 2.05) is 13.0 Å². The highest BCUT2D eigenvalue weighted by atomic mass is 15.2. The van der Waals surface area contributed by atoms with Gasteiger partial charge >= 0.3 is 0 Å². The first-order valence-corrected chi connectivity index (χ1v) is 6.60. The highest BCUT2D eigenvalue weighted by Crippen LogP contribution is 2.37. The van der Waals surface area contributed by atoms with Gasteiger partial charge in [0.25, 0.3) is 0 Å². The number of pyridine rings is 1. The summed E-state index contributed by atoms with van der Waals surface area (Å²) in [5.74, 6) is 1.19. The smallest absolute Gasteiger partial charge is 0.179 e. The first kappa shape index (κ1) is 13.7. The molecule has 5 nitrogen and oxygen atoms in total. The summed E-state index contributed by atoms with van der Waals surface area (Å²) in [6.07, 6.45) is 4.54. The highest BCUT2D eigenvalue weighted by Gasteiger charge is 2.24. The minimum absolute atomic E-state index is 0.202. The van der Waals surface area contributed by atoms with Crippen molar-refractivity contribution in [2.24, 2.45) is 21.6 Å². The molecule has 102 valence electrons. The van der Waals surface area contributed by atoms with Crippen molar-refractivity contribution < 1.29 is 0 Å². The van der Waals surface area contributed by atoms with Gasteiger partial charge in [0.2, 0.25) is 0 Å². The molecule has 1 fully saturated rings. The van der Waals surface area contributed by atoms with E-state index in [0.29, 0.717) is 11.7 Å². The lowest BCUT2D eigenvalue weighted by Gasteiger charge is -2.36. The summed E-state index contributed by atoms with van der Waals surface area (Å²) in [4.78, 5) is 14.9. The van der Waals surface area contributed by atoms with Crippen molar-refractivity contribution in [2.75, 3.05) is 18.0 Å².